The number of aliphatic carboxylic acids is 1. The van der Waals surface area contributed by atoms with Crippen LogP contribution in [-0.4, -0.2) is 63.5 Å². The van der Waals surface area contributed by atoms with E-state index in [9.17, 15) is 24.3 Å². The van der Waals surface area contributed by atoms with Crippen LogP contribution in [0.15, 0.2) is 54.0 Å². The standard InChI is InChI=1S/C13H14N2OS.C13H17NO3.C10H19NO2/c1-9(14-7-16)11-3-5-12(6-4-11)13-10(2)15-8-17-13;14-12(15)9-11-6-3-5-10(8-11)4-1-2-7-13(16)17;1-10(2,3)6-9(13)11-5-4-8(12)7-11/h3-9H,1-2H3,(H,14,16);3,5-6,8H,1-2,4,7,9H2,(H2,14,15)(H,16,17);8,12H,4-7H2,1-3H3/t9-;;/m0../s1. The molecule has 0 radical (unpaired) electrons. The zero-order valence-electron chi connectivity index (χ0n) is 28.2. The maximum absolute atomic E-state index is 11.6. The quantitative estimate of drug-likeness (QED) is 0.147. The van der Waals surface area contributed by atoms with Crippen LogP contribution in [0.1, 0.15) is 88.2 Å². The number of rotatable bonds is 12. The van der Waals surface area contributed by atoms with Gasteiger partial charge in [-0.05, 0) is 67.2 Å². The molecule has 2 aromatic carbocycles. The molecule has 4 rings (SSSR count). The minimum absolute atomic E-state index is 0.0455. The molecule has 3 amide bonds. The van der Waals surface area contributed by atoms with E-state index in [0.717, 1.165) is 54.6 Å². The molecule has 0 saturated carbocycles. The number of likely N-dealkylation sites (tertiary alicyclic amines) is 1. The number of carbonyl (C=O) groups is 4. The predicted octanol–water partition coefficient (Wildman–Crippen LogP) is 5.45. The van der Waals surface area contributed by atoms with Crippen LogP contribution in [0.5, 0.6) is 0 Å². The lowest BCUT2D eigenvalue weighted by Crippen LogP contribution is -2.32. The number of aliphatic hydroxyl groups is 1. The molecule has 1 fully saturated rings. The summed E-state index contributed by atoms with van der Waals surface area (Å²) in [7, 11) is 0. The van der Waals surface area contributed by atoms with Crippen molar-refractivity contribution in [1.29, 1.82) is 0 Å². The predicted molar refractivity (Wildman–Crippen MR) is 186 cm³/mol. The summed E-state index contributed by atoms with van der Waals surface area (Å²) >= 11 is 1.64. The summed E-state index contributed by atoms with van der Waals surface area (Å²) in [5.74, 6) is -0.926. The van der Waals surface area contributed by atoms with Gasteiger partial charge in [-0.2, -0.15) is 0 Å². The third-order valence-corrected chi connectivity index (χ3v) is 8.39. The Morgan fingerprint density at radius 1 is 1.13 bits per heavy atom. The lowest BCUT2D eigenvalue weighted by atomic mass is 9.92. The van der Waals surface area contributed by atoms with E-state index in [1.807, 2.05) is 55.8 Å². The van der Waals surface area contributed by atoms with E-state index < -0.39 is 5.97 Å². The first-order chi connectivity index (χ1) is 22.2. The van der Waals surface area contributed by atoms with Crippen LogP contribution >= 0.6 is 11.3 Å². The minimum Gasteiger partial charge on any atom is -0.481 e. The third-order valence-electron chi connectivity index (χ3n) is 7.41. The van der Waals surface area contributed by atoms with E-state index in [0.29, 0.717) is 19.4 Å². The molecule has 1 unspecified atom stereocenters. The van der Waals surface area contributed by atoms with E-state index in [-0.39, 0.29) is 42.2 Å². The lowest BCUT2D eigenvalue weighted by molar-refractivity contribution is -0.137. The monoisotopic (exact) mass is 666 g/mol. The van der Waals surface area contributed by atoms with Crippen LogP contribution in [0, 0.1) is 12.3 Å². The topological polar surface area (TPSA) is 163 Å². The van der Waals surface area contributed by atoms with Crippen LogP contribution in [0.3, 0.4) is 0 Å². The number of carbonyl (C=O) groups excluding carboxylic acids is 3. The number of aliphatic hydroxyl groups excluding tert-OH is 1. The number of carboxylic acid groups (broad SMARTS) is 1. The van der Waals surface area contributed by atoms with Crippen molar-refractivity contribution in [2.75, 3.05) is 13.1 Å². The van der Waals surface area contributed by atoms with Gasteiger partial charge < -0.3 is 26.2 Å². The molecule has 11 heteroatoms. The highest BCUT2D eigenvalue weighted by Gasteiger charge is 2.27. The van der Waals surface area contributed by atoms with E-state index in [1.165, 1.54) is 10.4 Å². The summed E-state index contributed by atoms with van der Waals surface area (Å²) in [6, 6.07) is 15.9. The number of aryl methyl sites for hydroxylation is 2. The maximum Gasteiger partial charge on any atom is 0.303 e. The maximum atomic E-state index is 11.6. The normalized spacial score (nSPS) is 14.6. The van der Waals surface area contributed by atoms with Gasteiger partial charge in [0.05, 0.1) is 34.6 Å². The number of hydrogen-bond acceptors (Lipinski definition) is 7. The van der Waals surface area contributed by atoms with Gasteiger partial charge in [0.2, 0.25) is 18.2 Å². The van der Waals surface area contributed by atoms with Crippen molar-refractivity contribution in [1.82, 2.24) is 15.2 Å². The Hall–Kier alpha value is -4.09. The number of nitrogens with two attached hydrogens (primary N) is 1. The van der Waals surface area contributed by atoms with Crippen LogP contribution in [0.2, 0.25) is 0 Å². The minimum atomic E-state index is -0.757. The third kappa shape index (κ3) is 15.4. The number of nitrogens with one attached hydrogen (secondary N) is 1. The number of thiazole rings is 1. The number of primary amides is 1. The molecule has 2 atom stereocenters. The molecular formula is C36H50N4O6S. The van der Waals surface area contributed by atoms with Crippen LogP contribution in [-0.2, 0) is 32.0 Å². The smallest absolute Gasteiger partial charge is 0.303 e. The molecule has 0 bridgehead atoms. The fourth-order valence-electron chi connectivity index (χ4n) is 4.94. The molecule has 10 nitrogen and oxygen atoms in total. The Balaban J connectivity index is 0.000000248. The second kappa shape index (κ2) is 19.5. The number of carboxylic acids is 1. The molecular weight excluding hydrogens is 616 g/mol. The summed E-state index contributed by atoms with van der Waals surface area (Å²) in [5, 5.41) is 20.5. The molecule has 0 aliphatic carbocycles. The van der Waals surface area contributed by atoms with Gasteiger partial charge in [0, 0.05) is 25.9 Å². The summed E-state index contributed by atoms with van der Waals surface area (Å²) < 4.78 is 0. The van der Waals surface area contributed by atoms with Crippen LogP contribution in [0.25, 0.3) is 10.4 Å². The Kier molecular flexibility index (Phi) is 16.3. The number of β-amino-alcohol motifs (C(OH)–C–C–N with tert-alkyl or cyclic N) is 1. The largest absolute Gasteiger partial charge is 0.481 e. The molecule has 1 saturated heterocycles. The zero-order valence-corrected chi connectivity index (χ0v) is 29.0. The van der Waals surface area contributed by atoms with Crippen molar-refractivity contribution in [3.05, 3.63) is 76.4 Å². The van der Waals surface area contributed by atoms with Gasteiger partial charge in [-0.3, -0.25) is 19.2 Å². The Morgan fingerprint density at radius 3 is 2.34 bits per heavy atom. The molecule has 5 N–H and O–H groups in total. The highest BCUT2D eigenvalue weighted by molar-refractivity contribution is 7.13. The Labute approximate surface area is 282 Å². The van der Waals surface area contributed by atoms with Gasteiger partial charge in [-0.25, -0.2) is 4.98 Å². The first-order valence-corrected chi connectivity index (χ1v) is 16.8. The average Bonchev–Trinajstić information content (AvgIpc) is 3.63. The van der Waals surface area contributed by atoms with E-state index in [2.05, 4.69) is 43.2 Å². The lowest BCUT2D eigenvalue weighted by Gasteiger charge is -2.22. The van der Waals surface area contributed by atoms with Crippen molar-refractivity contribution in [2.24, 2.45) is 11.1 Å². The SMILES string of the molecule is CC(C)(C)CC(=O)N1CCC(O)C1.Cc1ncsc1-c1ccc([C@H](C)NC=O)cc1.NC(=O)Cc1cccc(CCCCC(=O)O)c1. The molecule has 256 valence electrons. The first-order valence-electron chi connectivity index (χ1n) is 15.9. The molecule has 2 heterocycles. The molecule has 1 aliphatic heterocycles. The highest BCUT2D eigenvalue weighted by atomic mass is 32.1. The van der Waals surface area contributed by atoms with Crippen molar-refractivity contribution in [3.63, 3.8) is 0 Å². The Morgan fingerprint density at radius 2 is 1.81 bits per heavy atom. The summed E-state index contributed by atoms with van der Waals surface area (Å²) in [6.45, 7) is 11.4. The van der Waals surface area contributed by atoms with Gasteiger partial charge in [0.25, 0.3) is 0 Å². The van der Waals surface area contributed by atoms with Crippen LogP contribution in [0.4, 0.5) is 0 Å². The number of unbranched alkanes of at least 4 members (excludes halogenated alkanes) is 1. The van der Waals surface area contributed by atoms with Gasteiger partial charge >= 0.3 is 5.97 Å². The number of nitrogens with zero attached hydrogens (tertiary/aromatic N) is 2. The first kappa shape index (κ1) is 39.1. The fourth-order valence-corrected chi connectivity index (χ4v) is 5.75. The summed E-state index contributed by atoms with van der Waals surface area (Å²) in [5.41, 5.74) is 12.4. The van der Waals surface area contributed by atoms with Crippen molar-refractivity contribution in [2.45, 2.75) is 91.7 Å². The summed E-state index contributed by atoms with van der Waals surface area (Å²) in [4.78, 5) is 50.3. The number of amides is 3. The average molecular weight is 667 g/mol. The van der Waals surface area contributed by atoms with Crippen molar-refractivity contribution in [3.8, 4) is 10.4 Å². The highest BCUT2D eigenvalue weighted by Crippen LogP contribution is 2.28. The second-order valence-electron chi connectivity index (χ2n) is 13.0. The van der Waals surface area contributed by atoms with Crippen molar-refractivity contribution < 1.29 is 29.4 Å². The fraction of sp³-hybridized carbons (Fsp3) is 0.472. The van der Waals surface area contributed by atoms with E-state index in [4.69, 9.17) is 10.8 Å². The van der Waals surface area contributed by atoms with Gasteiger partial charge in [0.1, 0.15) is 0 Å². The van der Waals surface area contributed by atoms with E-state index in [1.54, 1.807) is 16.2 Å². The number of hydrogen-bond donors (Lipinski definition) is 4. The van der Waals surface area contributed by atoms with Gasteiger partial charge in [0.15, 0.2) is 0 Å². The number of benzene rings is 2. The van der Waals surface area contributed by atoms with Crippen molar-refractivity contribution >= 4 is 35.5 Å². The number of aromatic nitrogens is 1. The van der Waals surface area contributed by atoms with Gasteiger partial charge in [-0.1, -0.05) is 69.3 Å². The molecule has 3 aromatic rings. The zero-order chi connectivity index (χ0) is 35.0. The molecule has 1 aliphatic rings. The Bertz CT molecular complexity index is 1430. The molecule has 47 heavy (non-hydrogen) atoms. The molecule has 0 spiro atoms. The molecule has 1 aromatic heterocycles. The second-order valence-corrected chi connectivity index (χ2v) is 13.8. The summed E-state index contributed by atoms with van der Waals surface area (Å²) in [6.07, 6.45) is 4.54. The van der Waals surface area contributed by atoms with Crippen LogP contribution < -0.4 is 11.1 Å². The van der Waals surface area contributed by atoms with Gasteiger partial charge in [-0.15, -0.1) is 11.3 Å². The van der Waals surface area contributed by atoms with E-state index >= 15 is 0 Å².